The van der Waals surface area contributed by atoms with Crippen LogP contribution in [0.2, 0.25) is 0 Å². The first-order valence-corrected chi connectivity index (χ1v) is 6.72. The van der Waals surface area contributed by atoms with Gasteiger partial charge in [-0.05, 0) is 31.9 Å². The molecule has 106 valence electrons. The van der Waals surface area contributed by atoms with Crippen LogP contribution >= 0.6 is 0 Å². The number of carbonyl (C=O) groups is 1. The summed E-state index contributed by atoms with van der Waals surface area (Å²) in [6, 6.07) is 3.21. The summed E-state index contributed by atoms with van der Waals surface area (Å²) in [4.78, 5) is 11.1. The zero-order valence-electron chi connectivity index (χ0n) is 11.6. The molecule has 3 rings (SSSR count). The third kappa shape index (κ3) is 1.87. The third-order valence-electron chi connectivity index (χ3n) is 4.22. The fraction of sp³-hybridized carbons (Fsp3) is 0.500. The second kappa shape index (κ2) is 4.56. The zero-order valence-corrected chi connectivity index (χ0v) is 11.6. The van der Waals surface area contributed by atoms with E-state index in [0.29, 0.717) is 11.6 Å². The molecule has 1 aliphatic rings. The van der Waals surface area contributed by atoms with Gasteiger partial charge in [-0.3, -0.25) is 4.40 Å². The smallest absolute Gasteiger partial charge is 0.337 e. The maximum atomic E-state index is 11.1. The topological polar surface area (TPSA) is 76.7 Å². The second-order valence-corrected chi connectivity index (χ2v) is 5.44. The molecule has 1 aliphatic heterocycles. The molecule has 0 saturated carbocycles. The molecule has 6 heteroatoms. The van der Waals surface area contributed by atoms with Gasteiger partial charge in [-0.15, -0.1) is 10.2 Å². The largest absolute Gasteiger partial charge is 0.478 e. The molecule has 0 radical (unpaired) electrons. The van der Waals surface area contributed by atoms with E-state index in [1.165, 1.54) is 6.07 Å². The predicted molar refractivity (Wildman–Crippen MR) is 71.9 cm³/mol. The number of nitrogens with zero attached hydrogens (tertiary/aromatic N) is 3. The first-order chi connectivity index (χ1) is 9.49. The molecule has 4 atom stereocenters. The van der Waals surface area contributed by atoms with E-state index in [9.17, 15) is 4.79 Å². The Bertz CT molecular complexity index is 667. The van der Waals surface area contributed by atoms with Gasteiger partial charge in [-0.25, -0.2) is 4.79 Å². The summed E-state index contributed by atoms with van der Waals surface area (Å²) in [5.74, 6) is 0.242. The van der Waals surface area contributed by atoms with E-state index in [1.807, 2.05) is 13.8 Å². The van der Waals surface area contributed by atoms with Crippen LogP contribution in [-0.4, -0.2) is 37.9 Å². The van der Waals surface area contributed by atoms with E-state index in [1.54, 1.807) is 16.7 Å². The lowest BCUT2D eigenvalue weighted by Crippen LogP contribution is -2.18. The van der Waals surface area contributed by atoms with Crippen LogP contribution in [0.1, 0.15) is 42.9 Å². The van der Waals surface area contributed by atoms with E-state index in [-0.39, 0.29) is 23.7 Å². The average Bonchev–Trinajstić information content (AvgIpc) is 2.91. The Morgan fingerprint density at radius 3 is 2.60 bits per heavy atom. The summed E-state index contributed by atoms with van der Waals surface area (Å²) in [6.45, 7) is 6.20. The van der Waals surface area contributed by atoms with Crippen molar-refractivity contribution in [1.82, 2.24) is 14.6 Å². The predicted octanol–water partition coefficient (Wildman–Crippen LogP) is 1.95. The van der Waals surface area contributed by atoms with Crippen molar-refractivity contribution in [2.24, 2.45) is 5.92 Å². The Kier molecular flexibility index (Phi) is 2.97. The Labute approximate surface area is 116 Å². The van der Waals surface area contributed by atoms with Crippen LogP contribution in [0.15, 0.2) is 18.3 Å². The molecular formula is C14H17N3O3. The van der Waals surface area contributed by atoms with Gasteiger partial charge in [0.15, 0.2) is 5.65 Å². The number of fused-ring (bicyclic) bond motifs is 1. The minimum Gasteiger partial charge on any atom is -0.478 e. The summed E-state index contributed by atoms with van der Waals surface area (Å²) in [7, 11) is 0. The van der Waals surface area contributed by atoms with Gasteiger partial charge in [0, 0.05) is 6.20 Å². The molecule has 0 aliphatic carbocycles. The minimum absolute atomic E-state index is 0.0425. The Balaban J connectivity index is 2.12. The van der Waals surface area contributed by atoms with Crippen molar-refractivity contribution in [2.45, 2.75) is 38.9 Å². The summed E-state index contributed by atoms with van der Waals surface area (Å²) < 4.78 is 7.61. The molecule has 0 bridgehead atoms. The number of carboxylic acid groups (broad SMARTS) is 1. The van der Waals surface area contributed by atoms with E-state index < -0.39 is 5.97 Å². The quantitative estimate of drug-likeness (QED) is 0.906. The molecule has 3 heterocycles. The maximum absolute atomic E-state index is 11.1. The molecule has 1 N–H and O–H groups in total. The molecular weight excluding hydrogens is 258 g/mol. The standard InChI is InChI=1S/C14H17N3O3/c1-7-8(2)20-9(3)12(7)13-16-15-11-5-4-10(14(18)19)6-17(11)13/h4-9,12H,1-3H3,(H,18,19). The van der Waals surface area contributed by atoms with Crippen molar-refractivity contribution in [3.8, 4) is 0 Å². The Morgan fingerprint density at radius 2 is 2.00 bits per heavy atom. The van der Waals surface area contributed by atoms with Gasteiger partial charge >= 0.3 is 5.97 Å². The number of pyridine rings is 1. The molecule has 0 amide bonds. The van der Waals surface area contributed by atoms with Gasteiger partial charge in [0.2, 0.25) is 0 Å². The van der Waals surface area contributed by atoms with E-state index in [4.69, 9.17) is 9.84 Å². The van der Waals surface area contributed by atoms with Crippen LogP contribution in [0.3, 0.4) is 0 Å². The molecule has 20 heavy (non-hydrogen) atoms. The number of aromatic carboxylic acids is 1. The van der Waals surface area contributed by atoms with Gasteiger partial charge in [-0.2, -0.15) is 0 Å². The maximum Gasteiger partial charge on any atom is 0.337 e. The first kappa shape index (κ1) is 13.1. The molecule has 0 aromatic carbocycles. The van der Waals surface area contributed by atoms with Crippen molar-refractivity contribution >= 4 is 11.6 Å². The van der Waals surface area contributed by atoms with Gasteiger partial charge in [0.25, 0.3) is 0 Å². The third-order valence-corrected chi connectivity index (χ3v) is 4.22. The summed E-state index contributed by atoms with van der Waals surface area (Å²) in [5.41, 5.74) is 0.884. The van der Waals surface area contributed by atoms with Crippen LogP contribution in [0.4, 0.5) is 0 Å². The lowest BCUT2D eigenvalue weighted by molar-refractivity contribution is 0.0553. The van der Waals surface area contributed by atoms with Gasteiger partial charge < -0.3 is 9.84 Å². The molecule has 2 aromatic rings. The molecule has 4 unspecified atom stereocenters. The normalized spacial score (nSPS) is 29.9. The Morgan fingerprint density at radius 1 is 1.25 bits per heavy atom. The van der Waals surface area contributed by atoms with Crippen molar-refractivity contribution < 1.29 is 14.6 Å². The summed E-state index contributed by atoms with van der Waals surface area (Å²) >= 11 is 0. The first-order valence-electron chi connectivity index (χ1n) is 6.72. The van der Waals surface area contributed by atoms with Crippen molar-refractivity contribution in [3.05, 3.63) is 29.7 Å². The fourth-order valence-electron chi connectivity index (χ4n) is 2.97. The summed E-state index contributed by atoms with van der Waals surface area (Å²) in [6.07, 6.45) is 1.78. The van der Waals surface area contributed by atoms with E-state index in [0.717, 1.165) is 5.82 Å². The highest BCUT2D eigenvalue weighted by atomic mass is 16.5. The van der Waals surface area contributed by atoms with Gasteiger partial charge in [-0.1, -0.05) is 6.92 Å². The van der Waals surface area contributed by atoms with Crippen LogP contribution in [0.5, 0.6) is 0 Å². The highest BCUT2D eigenvalue weighted by molar-refractivity contribution is 5.87. The number of hydrogen-bond donors (Lipinski definition) is 1. The molecule has 0 spiro atoms. The van der Waals surface area contributed by atoms with Crippen LogP contribution in [0, 0.1) is 5.92 Å². The van der Waals surface area contributed by atoms with Crippen molar-refractivity contribution in [1.29, 1.82) is 0 Å². The van der Waals surface area contributed by atoms with Crippen molar-refractivity contribution in [2.75, 3.05) is 0 Å². The van der Waals surface area contributed by atoms with E-state index in [2.05, 4.69) is 17.1 Å². The lowest BCUT2D eigenvalue weighted by atomic mass is 9.89. The number of ether oxygens (including phenoxy) is 1. The van der Waals surface area contributed by atoms with Crippen LogP contribution in [0.25, 0.3) is 5.65 Å². The zero-order chi connectivity index (χ0) is 14.4. The Hall–Kier alpha value is -1.95. The number of carboxylic acids is 1. The average molecular weight is 275 g/mol. The van der Waals surface area contributed by atoms with Crippen LogP contribution < -0.4 is 0 Å². The second-order valence-electron chi connectivity index (χ2n) is 5.44. The monoisotopic (exact) mass is 275 g/mol. The molecule has 2 aromatic heterocycles. The summed E-state index contributed by atoms with van der Waals surface area (Å²) in [5, 5.41) is 17.5. The molecule has 1 saturated heterocycles. The number of rotatable bonds is 2. The van der Waals surface area contributed by atoms with Crippen LogP contribution in [-0.2, 0) is 4.74 Å². The van der Waals surface area contributed by atoms with Gasteiger partial charge in [0.05, 0.1) is 23.7 Å². The highest BCUT2D eigenvalue weighted by Gasteiger charge is 2.40. The van der Waals surface area contributed by atoms with E-state index >= 15 is 0 Å². The van der Waals surface area contributed by atoms with Gasteiger partial charge in [0.1, 0.15) is 5.82 Å². The SMILES string of the molecule is CC1OC(C)C(c2nnc3ccc(C(=O)O)cn23)C1C. The molecule has 1 fully saturated rings. The number of hydrogen-bond acceptors (Lipinski definition) is 4. The number of aromatic nitrogens is 3. The lowest BCUT2D eigenvalue weighted by Gasteiger charge is -2.16. The molecule has 6 nitrogen and oxygen atoms in total. The van der Waals surface area contributed by atoms with Crippen molar-refractivity contribution in [3.63, 3.8) is 0 Å². The highest BCUT2D eigenvalue weighted by Crippen LogP contribution is 2.39. The minimum atomic E-state index is -0.955. The fourth-order valence-corrected chi connectivity index (χ4v) is 2.97.